The Morgan fingerprint density at radius 3 is 2.57 bits per heavy atom. The monoisotopic (exact) mass is 393 g/mol. The molecule has 2 N–H and O–H groups in total. The lowest BCUT2D eigenvalue weighted by molar-refractivity contribution is 0.281. The largest absolute Gasteiger partial charge is 0.392 e. The van der Waals surface area contributed by atoms with Crippen LogP contribution in [0.4, 0.5) is 10.1 Å². The first-order valence-corrected chi connectivity index (χ1v) is 8.36. The Balaban J connectivity index is 2.43. The van der Waals surface area contributed by atoms with Gasteiger partial charge in [0.05, 0.1) is 17.3 Å². The summed E-state index contributed by atoms with van der Waals surface area (Å²) in [4.78, 5) is -0.224. The van der Waals surface area contributed by atoms with Gasteiger partial charge in [0.25, 0.3) is 10.0 Å². The Bertz CT molecular complexity index is 783. The predicted molar refractivity (Wildman–Crippen MR) is 82.3 cm³/mol. The van der Waals surface area contributed by atoms with Crippen LogP contribution in [0.2, 0.25) is 5.02 Å². The quantitative estimate of drug-likeness (QED) is 0.833. The van der Waals surface area contributed by atoms with E-state index < -0.39 is 15.8 Å². The highest BCUT2D eigenvalue weighted by Crippen LogP contribution is 2.27. The van der Waals surface area contributed by atoms with Crippen molar-refractivity contribution in [3.8, 4) is 0 Å². The number of aliphatic hydroxyl groups is 1. The number of nitrogens with one attached hydrogen (secondary N) is 1. The lowest BCUT2D eigenvalue weighted by Crippen LogP contribution is -2.15. The molecule has 0 amide bonds. The minimum absolute atomic E-state index is 0.0165. The van der Waals surface area contributed by atoms with E-state index in [2.05, 4.69) is 20.7 Å². The minimum Gasteiger partial charge on any atom is -0.392 e. The van der Waals surface area contributed by atoms with Gasteiger partial charge in [-0.2, -0.15) is 0 Å². The minimum atomic E-state index is -4.06. The Morgan fingerprint density at radius 1 is 1.24 bits per heavy atom. The lowest BCUT2D eigenvalue weighted by atomic mass is 10.2. The number of hydrogen-bond donors (Lipinski definition) is 2. The summed E-state index contributed by atoms with van der Waals surface area (Å²) in [6.45, 7) is -0.327. The zero-order chi connectivity index (χ0) is 15.6. The smallest absolute Gasteiger partial charge is 0.263 e. The molecule has 0 aliphatic rings. The molecule has 4 nitrogen and oxygen atoms in total. The molecule has 2 aromatic rings. The van der Waals surface area contributed by atoms with E-state index in [0.29, 0.717) is 10.0 Å². The van der Waals surface area contributed by atoms with E-state index in [1.807, 2.05) is 0 Å². The number of sulfonamides is 1. The van der Waals surface area contributed by atoms with Crippen LogP contribution in [0.3, 0.4) is 0 Å². The average molecular weight is 395 g/mol. The second kappa shape index (κ2) is 6.31. The van der Waals surface area contributed by atoms with Gasteiger partial charge in [-0.25, -0.2) is 12.8 Å². The van der Waals surface area contributed by atoms with Crippen molar-refractivity contribution in [2.75, 3.05) is 4.72 Å². The summed E-state index contributed by atoms with van der Waals surface area (Å²) in [7, 11) is -4.06. The number of benzene rings is 2. The molecule has 8 heteroatoms. The van der Waals surface area contributed by atoms with Crippen LogP contribution in [-0.2, 0) is 16.6 Å². The van der Waals surface area contributed by atoms with Crippen molar-refractivity contribution in [3.63, 3.8) is 0 Å². The van der Waals surface area contributed by atoms with Crippen LogP contribution in [-0.4, -0.2) is 13.5 Å². The molecule has 2 aromatic carbocycles. The number of rotatable bonds is 4. The van der Waals surface area contributed by atoms with Gasteiger partial charge >= 0.3 is 0 Å². The predicted octanol–water partition coefficient (Wildman–Crippen LogP) is 3.53. The first-order valence-electron chi connectivity index (χ1n) is 5.70. The highest BCUT2D eigenvalue weighted by Gasteiger charge is 2.20. The summed E-state index contributed by atoms with van der Waals surface area (Å²) in [6.07, 6.45) is 0. The van der Waals surface area contributed by atoms with Gasteiger partial charge in [0, 0.05) is 4.47 Å². The van der Waals surface area contributed by atoms with E-state index in [-0.39, 0.29) is 22.2 Å². The first-order chi connectivity index (χ1) is 9.83. The van der Waals surface area contributed by atoms with Gasteiger partial charge in [-0.3, -0.25) is 4.72 Å². The fourth-order valence-electron chi connectivity index (χ4n) is 1.62. The maximum atomic E-state index is 13.7. The molecule has 0 aromatic heterocycles. The normalized spacial score (nSPS) is 11.4. The summed E-state index contributed by atoms with van der Waals surface area (Å²) < 4.78 is 40.9. The second-order valence-electron chi connectivity index (χ2n) is 4.15. The van der Waals surface area contributed by atoms with Crippen molar-refractivity contribution in [1.29, 1.82) is 0 Å². The van der Waals surface area contributed by atoms with E-state index in [9.17, 15) is 12.8 Å². The van der Waals surface area contributed by atoms with Crippen LogP contribution in [0.1, 0.15) is 5.56 Å². The molecule has 0 saturated carbocycles. The summed E-state index contributed by atoms with van der Waals surface area (Å²) in [5, 5.41) is 9.04. The third-order valence-electron chi connectivity index (χ3n) is 2.64. The fourth-order valence-corrected chi connectivity index (χ4v) is 3.58. The van der Waals surface area contributed by atoms with Crippen molar-refractivity contribution < 1.29 is 17.9 Å². The van der Waals surface area contributed by atoms with Crippen molar-refractivity contribution in [1.82, 2.24) is 0 Å². The SMILES string of the molecule is O=S(=O)(Nc1ccc(Br)cc1F)c1cc(CO)ccc1Cl. The topological polar surface area (TPSA) is 66.4 Å². The molecule has 0 aliphatic heterocycles. The van der Waals surface area contributed by atoms with Crippen molar-refractivity contribution >= 4 is 43.2 Å². The maximum absolute atomic E-state index is 13.7. The van der Waals surface area contributed by atoms with Crippen molar-refractivity contribution in [3.05, 3.63) is 57.3 Å². The van der Waals surface area contributed by atoms with Crippen molar-refractivity contribution in [2.45, 2.75) is 11.5 Å². The first kappa shape index (κ1) is 16.2. The van der Waals surface area contributed by atoms with Gasteiger partial charge in [0.2, 0.25) is 0 Å². The number of aliphatic hydroxyl groups excluding tert-OH is 1. The highest BCUT2D eigenvalue weighted by molar-refractivity contribution is 9.10. The summed E-state index contributed by atoms with van der Waals surface area (Å²) in [5.41, 5.74) is 0.194. The summed E-state index contributed by atoms with van der Waals surface area (Å²) in [5.74, 6) is -0.720. The Morgan fingerprint density at radius 2 is 1.95 bits per heavy atom. The third kappa shape index (κ3) is 3.74. The molecule has 2 rings (SSSR count). The van der Waals surface area contributed by atoms with Gasteiger partial charge in [-0.15, -0.1) is 0 Å². The molecule has 0 saturated heterocycles. The van der Waals surface area contributed by atoms with E-state index in [1.165, 1.54) is 30.3 Å². The molecule has 0 atom stereocenters. The van der Waals surface area contributed by atoms with Crippen LogP contribution in [0.25, 0.3) is 0 Å². The molecule has 0 spiro atoms. The van der Waals surface area contributed by atoms with E-state index >= 15 is 0 Å². The third-order valence-corrected chi connectivity index (χ3v) is 4.98. The second-order valence-corrected chi connectivity index (χ2v) is 7.13. The van der Waals surface area contributed by atoms with E-state index in [4.69, 9.17) is 16.7 Å². The molecule has 112 valence electrons. The molecule has 0 fully saturated rings. The maximum Gasteiger partial charge on any atom is 0.263 e. The molecular weight excluding hydrogens is 385 g/mol. The van der Waals surface area contributed by atoms with Gasteiger partial charge in [-0.1, -0.05) is 33.6 Å². The Labute approximate surface area is 134 Å². The van der Waals surface area contributed by atoms with Crippen molar-refractivity contribution in [2.24, 2.45) is 0 Å². The zero-order valence-electron chi connectivity index (χ0n) is 10.5. The van der Waals surface area contributed by atoms with E-state index in [0.717, 1.165) is 6.07 Å². The Kier molecular flexibility index (Phi) is 4.88. The molecule has 0 heterocycles. The molecule has 0 bridgehead atoms. The average Bonchev–Trinajstić information content (AvgIpc) is 2.42. The Hall–Kier alpha value is -1.15. The van der Waals surface area contributed by atoms with Crippen LogP contribution in [0.15, 0.2) is 45.8 Å². The molecule has 0 unspecified atom stereocenters. The number of hydrogen-bond acceptors (Lipinski definition) is 3. The van der Waals surface area contributed by atoms with Crippen LogP contribution >= 0.6 is 27.5 Å². The van der Waals surface area contributed by atoms with Gasteiger partial charge in [0.15, 0.2) is 0 Å². The van der Waals surface area contributed by atoms with Crippen LogP contribution in [0.5, 0.6) is 0 Å². The lowest BCUT2D eigenvalue weighted by Gasteiger charge is -2.11. The number of anilines is 1. The van der Waals surface area contributed by atoms with Gasteiger partial charge in [0.1, 0.15) is 10.7 Å². The molecule has 21 heavy (non-hydrogen) atoms. The molecule has 0 aliphatic carbocycles. The number of halogens is 3. The summed E-state index contributed by atoms with van der Waals surface area (Å²) in [6, 6.07) is 8.04. The molecule has 0 radical (unpaired) electrons. The summed E-state index contributed by atoms with van der Waals surface area (Å²) >= 11 is 8.95. The van der Waals surface area contributed by atoms with E-state index in [1.54, 1.807) is 0 Å². The highest BCUT2D eigenvalue weighted by atomic mass is 79.9. The molecular formula is C13H10BrClFNO3S. The fraction of sp³-hybridized carbons (Fsp3) is 0.0769. The van der Waals surface area contributed by atoms with Gasteiger partial charge < -0.3 is 5.11 Å². The zero-order valence-corrected chi connectivity index (χ0v) is 13.6. The van der Waals surface area contributed by atoms with Crippen LogP contribution in [0, 0.1) is 5.82 Å². The van der Waals surface area contributed by atoms with Crippen LogP contribution < -0.4 is 4.72 Å². The van der Waals surface area contributed by atoms with Gasteiger partial charge in [-0.05, 0) is 35.9 Å². The standard InChI is InChI=1S/C13H10BrClFNO3S/c14-9-2-4-12(11(16)6-9)17-21(19,20)13-5-8(7-18)1-3-10(13)15/h1-6,17-18H,7H2.